The van der Waals surface area contributed by atoms with Crippen LogP contribution >= 0.6 is 0 Å². The van der Waals surface area contributed by atoms with E-state index in [9.17, 15) is 18.0 Å². The van der Waals surface area contributed by atoms with E-state index in [1.54, 1.807) is 0 Å². The summed E-state index contributed by atoms with van der Waals surface area (Å²) in [6.45, 7) is 3.18. The minimum absolute atomic E-state index is 0.406. The number of amides is 1. The number of nitrogens with one attached hydrogen (secondary N) is 2. The standard InChI is InChI=1S/C14H17F3N2O/c1-2-14(4-3-5-18-8-14)13(20)19-11-7-9(15)6-10(16)12(11)17/h6-7,18H,2-5,8H2,1H3,(H,19,20). The number of carbonyl (C=O) groups is 1. The van der Waals surface area contributed by atoms with Gasteiger partial charge in [-0.15, -0.1) is 0 Å². The molecule has 0 saturated carbocycles. The lowest BCUT2D eigenvalue weighted by atomic mass is 9.77. The van der Waals surface area contributed by atoms with Gasteiger partial charge < -0.3 is 10.6 Å². The van der Waals surface area contributed by atoms with E-state index in [0.29, 0.717) is 25.5 Å². The lowest BCUT2D eigenvalue weighted by Gasteiger charge is -2.35. The molecule has 1 aliphatic rings. The third kappa shape index (κ3) is 2.80. The maximum absolute atomic E-state index is 13.6. The Bertz CT molecular complexity index is 513. The highest BCUT2D eigenvalue weighted by Crippen LogP contribution is 2.32. The summed E-state index contributed by atoms with van der Waals surface area (Å²) in [4.78, 5) is 12.3. The van der Waals surface area contributed by atoms with E-state index < -0.39 is 34.5 Å². The second-order valence-corrected chi connectivity index (χ2v) is 5.12. The fourth-order valence-electron chi connectivity index (χ4n) is 2.53. The molecule has 0 radical (unpaired) electrons. The Morgan fingerprint density at radius 3 is 2.75 bits per heavy atom. The van der Waals surface area contributed by atoms with E-state index in [0.717, 1.165) is 19.0 Å². The van der Waals surface area contributed by atoms with E-state index in [2.05, 4.69) is 10.6 Å². The molecule has 1 atom stereocenters. The summed E-state index contributed by atoms with van der Waals surface area (Å²) < 4.78 is 39.8. The minimum Gasteiger partial charge on any atom is -0.323 e. The number of carbonyl (C=O) groups excluding carboxylic acids is 1. The van der Waals surface area contributed by atoms with Gasteiger partial charge >= 0.3 is 0 Å². The molecular formula is C14H17F3N2O. The number of benzene rings is 1. The molecule has 1 unspecified atom stereocenters. The van der Waals surface area contributed by atoms with E-state index >= 15 is 0 Å². The van der Waals surface area contributed by atoms with Crippen LogP contribution in [-0.4, -0.2) is 19.0 Å². The number of rotatable bonds is 3. The molecule has 1 aromatic carbocycles. The van der Waals surface area contributed by atoms with Gasteiger partial charge in [0.2, 0.25) is 5.91 Å². The Morgan fingerprint density at radius 1 is 1.40 bits per heavy atom. The molecule has 110 valence electrons. The number of halogens is 3. The normalized spacial score (nSPS) is 22.6. The first-order valence-electron chi connectivity index (χ1n) is 6.65. The topological polar surface area (TPSA) is 41.1 Å². The van der Waals surface area contributed by atoms with Crippen LogP contribution in [-0.2, 0) is 4.79 Å². The summed E-state index contributed by atoms with van der Waals surface area (Å²) in [6.07, 6.45) is 2.08. The van der Waals surface area contributed by atoms with Crippen molar-refractivity contribution in [3.63, 3.8) is 0 Å². The molecule has 1 aromatic rings. The average molecular weight is 286 g/mol. The van der Waals surface area contributed by atoms with Crippen molar-refractivity contribution < 1.29 is 18.0 Å². The number of anilines is 1. The summed E-state index contributed by atoms with van der Waals surface area (Å²) in [6, 6.07) is 1.23. The van der Waals surface area contributed by atoms with Gasteiger partial charge in [-0.2, -0.15) is 0 Å². The van der Waals surface area contributed by atoms with E-state index in [-0.39, 0.29) is 0 Å². The fraction of sp³-hybridized carbons (Fsp3) is 0.500. The van der Waals surface area contributed by atoms with Gasteiger partial charge in [0, 0.05) is 18.7 Å². The van der Waals surface area contributed by atoms with Crippen LogP contribution in [0.5, 0.6) is 0 Å². The third-order valence-electron chi connectivity index (χ3n) is 3.87. The van der Waals surface area contributed by atoms with Crippen LogP contribution in [0, 0.1) is 22.9 Å². The van der Waals surface area contributed by atoms with Crippen LogP contribution in [0.4, 0.5) is 18.9 Å². The Morgan fingerprint density at radius 2 is 2.15 bits per heavy atom. The smallest absolute Gasteiger partial charge is 0.231 e. The van der Waals surface area contributed by atoms with Gasteiger partial charge in [-0.05, 0) is 25.8 Å². The van der Waals surface area contributed by atoms with Crippen LogP contribution in [0.25, 0.3) is 0 Å². The zero-order chi connectivity index (χ0) is 14.8. The van der Waals surface area contributed by atoms with E-state index in [1.807, 2.05) is 6.92 Å². The van der Waals surface area contributed by atoms with Crippen molar-refractivity contribution in [3.05, 3.63) is 29.6 Å². The van der Waals surface area contributed by atoms with Crippen molar-refractivity contribution >= 4 is 11.6 Å². The highest BCUT2D eigenvalue weighted by atomic mass is 19.2. The minimum atomic E-state index is -1.31. The van der Waals surface area contributed by atoms with Gasteiger partial charge in [0.25, 0.3) is 0 Å². The zero-order valence-corrected chi connectivity index (χ0v) is 11.2. The lowest BCUT2D eigenvalue weighted by molar-refractivity contribution is -0.126. The molecule has 1 amide bonds. The largest absolute Gasteiger partial charge is 0.323 e. The predicted molar refractivity (Wildman–Crippen MR) is 69.8 cm³/mol. The molecule has 2 N–H and O–H groups in total. The molecule has 2 rings (SSSR count). The summed E-state index contributed by atoms with van der Waals surface area (Å²) in [5.74, 6) is -3.88. The molecule has 6 heteroatoms. The van der Waals surface area contributed by atoms with Gasteiger partial charge in [-0.1, -0.05) is 6.92 Å². The summed E-state index contributed by atoms with van der Waals surface area (Å²) in [5.41, 5.74) is -1.11. The number of hydrogen-bond donors (Lipinski definition) is 2. The Hall–Kier alpha value is -1.56. The molecule has 0 aliphatic carbocycles. The van der Waals surface area contributed by atoms with Gasteiger partial charge in [-0.25, -0.2) is 13.2 Å². The van der Waals surface area contributed by atoms with E-state index in [1.165, 1.54) is 0 Å². The molecule has 1 saturated heterocycles. The van der Waals surface area contributed by atoms with Crippen molar-refractivity contribution in [1.29, 1.82) is 0 Å². The van der Waals surface area contributed by atoms with Crippen molar-refractivity contribution in [2.75, 3.05) is 18.4 Å². The second kappa shape index (κ2) is 5.83. The SMILES string of the molecule is CCC1(C(=O)Nc2cc(F)cc(F)c2F)CCCNC1. The maximum atomic E-state index is 13.6. The van der Waals surface area contributed by atoms with Crippen LogP contribution in [0.3, 0.4) is 0 Å². The molecule has 0 aromatic heterocycles. The van der Waals surface area contributed by atoms with Gasteiger partial charge in [-0.3, -0.25) is 4.79 Å². The first-order valence-corrected chi connectivity index (χ1v) is 6.65. The van der Waals surface area contributed by atoms with Gasteiger partial charge in [0.1, 0.15) is 5.82 Å². The van der Waals surface area contributed by atoms with Gasteiger partial charge in [0.05, 0.1) is 11.1 Å². The monoisotopic (exact) mass is 286 g/mol. The van der Waals surface area contributed by atoms with Crippen LogP contribution in [0.15, 0.2) is 12.1 Å². The van der Waals surface area contributed by atoms with Crippen molar-refractivity contribution in [2.45, 2.75) is 26.2 Å². The Balaban J connectivity index is 2.22. The lowest BCUT2D eigenvalue weighted by Crippen LogP contribution is -2.47. The summed E-state index contributed by atoms with van der Waals surface area (Å²) in [7, 11) is 0. The first kappa shape index (κ1) is 14.8. The zero-order valence-electron chi connectivity index (χ0n) is 11.2. The highest BCUT2D eigenvalue weighted by Gasteiger charge is 2.38. The molecule has 1 aliphatic heterocycles. The average Bonchev–Trinajstić information content (AvgIpc) is 2.44. The van der Waals surface area contributed by atoms with Crippen LogP contribution < -0.4 is 10.6 Å². The Kier molecular flexibility index (Phi) is 4.32. The maximum Gasteiger partial charge on any atom is 0.231 e. The fourth-order valence-corrected chi connectivity index (χ4v) is 2.53. The third-order valence-corrected chi connectivity index (χ3v) is 3.87. The summed E-state index contributed by atoms with van der Waals surface area (Å²) in [5, 5.41) is 5.45. The number of hydrogen-bond acceptors (Lipinski definition) is 2. The molecule has 1 fully saturated rings. The van der Waals surface area contributed by atoms with Crippen molar-refractivity contribution in [1.82, 2.24) is 5.32 Å². The van der Waals surface area contributed by atoms with Crippen molar-refractivity contribution in [3.8, 4) is 0 Å². The molecule has 1 heterocycles. The first-order chi connectivity index (χ1) is 9.48. The molecule has 20 heavy (non-hydrogen) atoms. The predicted octanol–water partition coefficient (Wildman–Crippen LogP) is 2.82. The van der Waals surface area contributed by atoms with Crippen LogP contribution in [0.2, 0.25) is 0 Å². The molecule has 3 nitrogen and oxygen atoms in total. The van der Waals surface area contributed by atoms with E-state index in [4.69, 9.17) is 0 Å². The number of piperidine rings is 1. The van der Waals surface area contributed by atoms with Gasteiger partial charge in [0.15, 0.2) is 11.6 Å². The molecule has 0 bridgehead atoms. The van der Waals surface area contributed by atoms with Crippen LogP contribution in [0.1, 0.15) is 26.2 Å². The summed E-state index contributed by atoms with van der Waals surface area (Å²) >= 11 is 0. The molecular weight excluding hydrogens is 269 g/mol. The quantitative estimate of drug-likeness (QED) is 0.839. The highest BCUT2D eigenvalue weighted by molar-refractivity contribution is 5.95. The second-order valence-electron chi connectivity index (χ2n) is 5.12. The van der Waals surface area contributed by atoms with Crippen molar-refractivity contribution in [2.24, 2.45) is 5.41 Å². The molecule has 0 spiro atoms. The Labute approximate surface area is 115 Å².